The number of nitrogens with zero attached hydrogens (tertiary/aromatic N) is 1. The molecule has 6 nitrogen and oxygen atoms in total. The molecule has 2 heterocycles. The van der Waals surface area contributed by atoms with Crippen molar-refractivity contribution in [3.05, 3.63) is 24.3 Å². The van der Waals surface area contributed by atoms with Crippen LogP contribution in [-0.2, 0) is 14.6 Å². The fourth-order valence-electron chi connectivity index (χ4n) is 2.75. The molecule has 3 rings (SSSR count). The number of benzene rings is 1. The molecule has 114 valence electrons. The standard InChI is InChI=1S/C14H18N2O4S/c17-14(15-11-5-8-21(18,19)10-11)9-16-6-7-20-13-4-2-1-3-12(13)16/h1-4,11H,5-10H2,(H,15,17)/t11-/m0/s1. The molecule has 0 spiro atoms. The molecule has 21 heavy (non-hydrogen) atoms. The Hall–Kier alpha value is -1.76. The summed E-state index contributed by atoms with van der Waals surface area (Å²) in [5.74, 6) is 0.852. The van der Waals surface area contributed by atoms with E-state index in [2.05, 4.69) is 5.32 Å². The van der Waals surface area contributed by atoms with Gasteiger partial charge in [0, 0.05) is 6.04 Å². The van der Waals surface area contributed by atoms with Gasteiger partial charge in [0.05, 0.1) is 30.3 Å². The normalized spacial score (nSPS) is 23.2. The average molecular weight is 310 g/mol. The molecule has 2 aliphatic rings. The topological polar surface area (TPSA) is 75.7 Å². The van der Waals surface area contributed by atoms with Gasteiger partial charge in [0.2, 0.25) is 5.91 Å². The number of fused-ring (bicyclic) bond motifs is 1. The van der Waals surface area contributed by atoms with E-state index in [0.717, 1.165) is 11.4 Å². The zero-order valence-corrected chi connectivity index (χ0v) is 12.4. The molecular weight excluding hydrogens is 292 g/mol. The molecule has 1 aromatic carbocycles. The number of para-hydroxylation sites is 2. The molecule has 0 radical (unpaired) electrons. The Labute approximate surface area is 124 Å². The van der Waals surface area contributed by atoms with Crippen molar-refractivity contribution in [3.8, 4) is 5.75 Å². The first-order valence-electron chi connectivity index (χ1n) is 7.00. The quantitative estimate of drug-likeness (QED) is 0.862. The van der Waals surface area contributed by atoms with E-state index in [4.69, 9.17) is 4.74 Å². The number of carbonyl (C=O) groups is 1. The highest BCUT2D eigenvalue weighted by molar-refractivity contribution is 7.91. The van der Waals surface area contributed by atoms with Crippen molar-refractivity contribution in [1.29, 1.82) is 0 Å². The number of rotatable bonds is 3. The third kappa shape index (κ3) is 3.29. The van der Waals surface area contributed by atoms with E-state index in [1.165, 1.54) is 0 Å². The van der Waals surface area contributed by atoms with Crippen LogP contribution in [0.5, 0.6) is 5.75 Å². The van der Waals surface area contributed by atoms with Gasteiger partial charge in [-0.1, -0.05) is 12.1 Å². The molecule has 1 saturated heterocycles. The number of ether oxygens (including phenoxy) is 1. The van der Waals surface area contributed by atoms with Gasteiger partial charge in [-0.25, -0.2) is 8.42 Å². The SMILES string of the molecule is O=C(CN1CCOc2ccccc21)N[C@H]1CCS(=O)(=O)C1. The van der Waals surface area contributed by atoms with Crippen molar-refractivity contribution in [2.24, 2.45) is 0 Å². The molecule has 0 bridgehead atoms. The van der Waals surface area contributed by atoms with Gasteiger partial charge < -0.3 is 15.0 Å². The Morgan fingerprint density at radius 1 is 1.38 bits per heavy atom. The largest absolute Gasteiger partial charge is 0.490 e. The fourth-order valence-corrected chi connectivity index (χ4v) is 4.42. The van der Waals surface area contributed by atoms with E-state index >= 15 is 0 Å². The first-order valence-corrected chi connectivity index (χ1v) is 8.82. The van der Waals surface area contributed by atoms with E-state index in [1.54, 1.807) is 0 Å². The lowest BCUT2D eigenvalue weighted by atomic mass is 10.2. The summed E-state index contributed by atoms with van der Waals surface area (Å²) in [4.78, 5) is 14.1. The number of nitrogens with one attached hydrogen (secondary N) is 1. The van der Waals surface area contributed by atoms with E-state index in [1.807, 2.05) is 29.2 Å². The highest BCUT2D eigenvalue weighted by atomic mass is 32.2. The summed E-state index contributed by atoms with van der Waals surface area (Å²) in [6, 6.07) is 7.34. The van der Waals surface area contributed by atoms with Gasteiger partial charge in [-0.2, -0.15) is 0 Å². The monoisotopic (exact) mass is 310 g/mol. The van der Waals surface area contributed by atoms with Crippen LogP contribution in [0.2, 0.25) is 0 Å². The van der Waals surface area contributed by atoms with Crippen molar-refractivity contribution in [2.75, 3.05) is 36.1 Å². The highest BCUT2D eigenvalue weighted by Gasteiger charge is 2.29. The lowest BCUT2D eigenvalue weighted by molar-refractivity contribution is -0.120. The summed E-state index contributed by atoms with van der Waals surface area (Å²) in [6.07, 6.45) is 0.508. The molecule has 0 aromatic heterocycles. The van der Waals surface area contributed by atoms with E-state index in [0.29, 0.717) is 19.6 Å². The summed E-state index contributed by atoms with van der Waals surface area (Å²) in [5, 5.41) is 2.81. The van der Waals surface area contributed by atoms with Crippen LogP contribution in [0.4, 0.5) is 5.69 Å². The second-order valence-corrected chi connectivity index (χ2v) is 7.63. The molecule has 0 aliphatic carbocycles. The summed E-state index contributed by atoms with van der Waals surface area (Å²) in [6.45, 7) is 1.41. The Bertz CT molecular complexity index is 644. The Morgan fingerprint density at radius 2 is 2.19 bits per heavy atom. The van der Waals surface area contributed by atoms with Crippen LogP contribution in [0.25, 0.3) is 0 Å². The minimum atomic E-state index is -2.97. The molecule has 1 fully saturated rings. The van der Waals surface area contributed by atoms with Gasteiger partial charge in [0.15, 0.2) is 9.84 Å². The maximum absolute atomic E-state index is 12.1. The predicted octanol–water partition coefficient (Wildman–Crippen LogP) is 0.189. The highest BCUT2D eigenvalue weighted by Crippen LogP contribution is 2.30. The summed E-state index contributed by atoms with van der Waals surface area (Å²) < 4.78 is 28.3. The van der Waals surface area contributed by atoms with Crippen LogP contribution in [-0.4, -0.2) is 51.6 Å². The third-order valence-corrected chi connectivity index (χ3v) is 5.52. The van der Waals surface area contributed by atoms with Gasteiger partial charge in [-0.05, 0) is 18.6 Å². The zero-order valence-electron chi connectivity index (χ0n) is 11.6. The van der Waals surface area contributed by atoms with Gasteiger partial charge in [0.25, 0.3) is 0 Å². The molecule has 1 N–H and O–H groups in total. The van der Waals surface area contributed by atoms with Crippen molar-refractivity contribution < 1.29 is 17.9 Å². The molecule has 1 amide bonds. The molecule has 0 unspecified atom stereocenters. The Balaban J connectivity index is 1.61. The average Bonchev–Trinajstić information content (AvgIpc) is 2.78. The third-order valence-electron chi connectivity index (χ3n) is 3.76. The van der Waals surface area contributed by atoms with Crippen LogP contribution >= 0.6 is 0 Å². The second-order valence-electron chi connectivity index (χ2n) is 5.41. The Morgan fingerprint density at radius 3 is 2.95 bits per heavy atom. The summed E-state index contributed by atoms with van der Waals surface area (Å²) in [5.41, 5.74) is 0.901. The van der Waals surface area contributed by atoms with Gasteiger partial charge in [0.1, 0.15) is 12.4 Å². The van der Waals surface area contributed by atoms with Crippen molar-refractivity contribution in [2.45, 2.75) is 12.5 Å². The maximum Gasteiger partial charge on any atom is 0.239 e. The minimum absolute atomic E-state index is 0.0540. The maximum atomic E-state index is 12.1. The number of sulfone groups is 1. The summed E-state index contributed by atoms with van der Waals surface area (Å²) >= 11 is 0. The van der Waals surface area contributed by atoms with Crippen LogP contribution in [0, 0.1) is 0 Å². The smallest absolute Gasteiger partial charge is 0.239 e. The lowest BCUT2D eigenvalue weighted by Crippen LogP contribution is -2.44. The van der Waals surface area contributed by atoms with Gasteiger partial charge >= 0.3 is 0 Å². The Kier molecular flexibility index (Phi) is 3.75. The van der Waals surface area contributed by atoms with Gasteiger partial charge in [-0.15, -0.1) is 0 Å². The van der Waals surface area contributed by atoms with Crippen LogP contribution < -0.4 is 15.0 Å². The van der Waals surface area contributed by atoms with Crippen molar-refractivity contribution >= 4 is 21.4 Å². The number of hydrogen-bond acceptors (Lipinski definition) is 5. The minimum Gasteiger partial charge on any atom is -0.490 e. The number of anilines is 1. The van der Waals surface area contributed by atoms with Gasteiger partial charge in [-0.3, -0.25) is 4.79 Å². The number of hydrogen-bond donors (Lipinski definition) is 1. The molecule has 1 aromatic rings. The molecular formula is C14H18N2O4S. The first kappa shape index (κ1) is 14.2. The van der Waals surface area contributed by atoms with Crippen LogP contribution in [0.15, 0.2) is 24.3 Å². The van der Waals surface area contributed by atoms with Crippen molar-refractivity contribution in [1.82, 2.24) is 5.32 Å². The van der Waals surface area contributed by atoms with Crippen LogP contribution in [0.1, 0.15) is 6.42 Å². The van der Waals surface area contributed by atoms with E-state index < -0.39 is 9.84 Å². The number of amides is 1. The van der Waals surface area contributed by atoms with E-state index in [9.17, 15) is 13.2 Å². The molecule has 0 saturated carbocycles. The molecule has 1 atom stereocenters. The second kappa shape index (κ2) is 5.55. The van der Waals surface area contributed by atoms with E-state index in [-0.39, 0.29) is 30.0 Å². The molecule has 2 aliphatic heterocycles. The predicted molar refractivity (Wildman–Crippen MR) is 79.4 cm³/mol. The first-order chi connectivity index (χ1) is 10.0. The fraction of sp³-hybridized carbons (Fsp3) is 0.500. The lowest BCUT2D eigenvalue weighted by Gasteiger charge is -2.30. The summed E-state index contributed by atoms with van der Waals surface area (Å²) in [7, 11) is -2.97. The number of carbonyl (C=O) groups excluding carboxylic acids is 1. The van der Waals surface area contributed by atoms with Crippen molar-refractivity contribution in [3.63, 3.8) is 0 Å². The molecule has 7 heteroatoms. The zero-order chi connectivity index (χ0) is 14.9. The van der Waals surface area contributed by atoms with Crippen LogP contribution in [0.3, 0.4) is 0 Å².